The van der Waals surface area contributed by atoms with E-state index in [1.165, 1.54) is 50.8 Å². The number of carbonyl (C=O) groups is 3. The second kappa shape index (κ2) is 12.4. The van der Waals surface area contributed by atoms with Crippen LogP contribution < -0.4 is 25.0 Å². The van der Waals surface area contributed by atoms with Gasteiger partial charge in [-0.2, -0.15) is 5.10 Å². The smallest absolute Gasteiger partial charge is 0.343 e. The first kappa shape index (κ1) is 27.0. The van der Waals surface area contributed by atoms with Crippen molar-refractivity contribution in [2.45, 2.75) is 0 Å². The number of rotatable bonds is 7. The average molecular weight is 595 g/mol. The van der Waals surface area contributed by atoms with Gasteiger partial charge in [0, 0.05) is 15.7 Å². The van der Waals surface area contributed by atoms with Crippen LogP contribution >= 0.6 is 39.1 Å². The molecule has 0 atom stereocenters. The van der Waals surface area contributed by atoms with E-state index in [0.29, 0.717) is 26.6 Å². The second-order valence-electron chi connectivity index (χ2n) is 6.92. The molecule has 0 spiro atoms. The zero-order valence-corrected chi connectivity index (χ0v) is 21.9. The number of carbonyl (C=O) groups excluding carboxylic acids is 3. The number of benzene rings is 3. The summed E-state index contributed by atoms with van der Waals surface area (Å²) in [6.07, 6.45) is 1.23. The Morgan fingerprint density at radius 2 is 1.58 bits per heavy atom. The van der Waals surface area contributed by atoms with Crippen molar-refractivity contribution in [2.75, 3.05) is 19.5 Å². The lowest BCUT2D eigenvalue weighted by Gasteiger charge is -2.11. The Labute approximate surface area is 224 Å². The van der Waals surface area contributed by atoms with Gasteiger partial charge in [-0.05, 0) is 54.6 Å². The van der Waals surface area contributed by atoms with Crippen molar-refractivity contribution in [3.05, 3.63) is 80.2 Å². The van der Waals surface area contributed by atoms with Crippen LogP contribution in [-0.4, -0.2) is 38.2 Å². The highest BCUT2D eigenvalue weighted by Gasteiger charge is 2.16. The maximum absolute atomic E-state index is 12.7. The third-order valence-electron chi connectivity index (χ3n) is 4.55. The van der Waals surface area contributed by atoms with Crippen molar-refractivity contribution < 1.29 is 28.6 Å². The molecule has 0 fully saturated rings. The van der Waals surface area contributed by atoms with Crippen LogP contribution in [0.1, 0.15) is 15.9 Å². The first-order valence-electron chi connectivity index (χ1n) is 10.0. The number of hydrogen-bond acceptors (Lipinski definition) is 7. The second-order valence-corrected chi connectivity index (χ2v) is 8.65. The largest absolute Gasteiger partial charge is 0.493 e. The van der Waals surface area contributed by atoms with E-state index >= 15 is 0 Å². The van der Waals surface area contributed by atoms with E-state index in [4.69, 9.17) is 37.4 Å². The third-order valence-corrected chi connectivity index (χ3v) is 5.78. The molecule has 0 aromatic heterocycles. The Balaban J connectivity index is 1.69. The molecule has 0 radical (unpaired) electrons. The van der Waals surface area contributed by atoms with Crippen LogP contribution in [0.4, 0.5) is 5.69 Å². The minimum atomic E-state index is -1.03. The summed E-state index contributed by atoms with van der Waals surface area (Å²) in [7, 11) is 2.94. The highest BCUT2D eigenvalue weighted by atomic mass is 79.9. The molecular weight excluding hydrogens is 577 g/mol. The fourth-order valence-corrected chi connectivity index (χ4v) is 3.48. The number of esters is 1. The maximum Gasteiger partial charge on any atom is 0.343 e. The number of anilines is 1. The fourth-order valence-electron chi connectivity index (χ4n) is 2.81. The topological polar surface area (TPSA) is 115 Å². The van der Waals surface area contributed by atoms with Gasteiger partial charge >= 0.3 is 17.8 Å². The molecular formula is C24H18BrCl2N3O6. The molecule has 0 aliphatic heterocycles. The number of amides is 2. The normalized spacial score (nSPS) is 10.6. The number of ether oxygens (including phenoxy) is 3. The quantitative estimate of drug-likeness (QED) is 0.130. The van der Waals surface area contributed by atoms with E-state index < -0.39 is 17.8 Å². The van der Waals surface area contributed by atoms with Gasteiger partial charge in [-0.3, -0.25) is 9.59 Å². The molecule has 36 heavy (non-hydrogen) atoms. The fraction of sp³-hybridized carbons (Fsp3) is 0.0833. The lowest BCUT2D eigenvalue weighted by Crippen LogP contribution is -2.32. The molecule has 3 aromatic carbocycles. The summed E-state index contributed by atoms with van der Waals surface area (Å²) in [5.41, 5.74) is 2.97. The summed E-state index contributed by atoms with van der Waals surface area (Å²) in [5, 5.41) is 6.69. The van der Waals surface area contributed by atoms with Gasteiger partial charge < -0.3 is 19.5 Å². The molecule has 0 saturated carbocycles. The van der Waals surface area contributed by atoms with Gasteiger partial charge in [0.15, 0.2) is 11.5 Å². The Morgan fingerprint density at radius 1 is 0.861 bits per heavy atom. The molecule has 2 N–H and O–H groups in total. The highest BCUT2D eigenvalue weighted by Crippen LogP contribution is 2.29. The van der Waals surface area contributed by atoms with Crippen LogP contribution in [0.25, 0.3) is 0 Å². The van der Waals surface area contributed by atoms with E-state index in [-0.39, 0.29) is 22.0 Å². The monoisotopic (exact) mass is 593 g/mol. The van der Waals surface area contributed by atoms with Crippen LogP contribution in [-0.2, 0) is 9.59 Å². The van der Waals surface area contributed by atoms with E-state index in [1.54, 1.807) is 24.3 Å². The Bertz CT molecular complexity index is 1350. The zero-order chi connectivity index (χ0) is 26.2. The van der Waals surface area contributed by atoms with Gasteiger partial charge in [-0.25, -0.2) is 10.2 Å². The van der Waals surface area contributed by atoms with Gasteiger partial charge in [-0.1, -0.05) is 39.1 Å². The first-order valence-corrected chi connectivity index (χ1v) is 11.6. The molecule has 3 rings (SSSR count). The number of hydrazone groups is 1. The molecule has 0 aliphatic carbocycles. The van der Waals surface area contributed by atoms with Crippen molar-refractivity contribution in [3.8, 4) is 17.2 Å². The van der Waals surface area contributed by atoms with Gasteiger partial charge in [0.05, 0.1) is 36.0 Å². The summed E-state index contributed by atoms with van der Waals surface area (Å²) in [6, 6.07) is 13.8. The summed E-state index contributed by atoms with van der Waals surface area (Å²) < 4.78 is 16.6. The van der Waals surface area contributed by atoms with E-state index in [0.717, 1.165) is 0 Å². The zero-order valence-electron chi connectivity index (χ0n) is 18.8. The number of nitrogens with one attached hydrogen (secondary N) is 2. The van der Waals surface area contributed by atoms with E-state index in [2.05, 4.69) is 31.8 Å². The average Bonchev–Trinajstić information content (AvgIpc) is 2.87. The predicted octanol–water partition coefficient (Wildman–Crippen LogP) is 5.08. The standard InChI is InChI=1S/C24H18BrCl2N3O6/c1-34-20-7-3-13(10-21(20)35-2)24(33)36-19-8-4-15(25)9-14(19)12-28-30-23(32)22(31)29-16-5-6-17(26)18(27)11-16/h3-12H,1-2H3,(H,29,31)(H,30,32). The summed E-state index contributed by atoms with van der Waals surface area (Å²) in [5.74, 6) is -1.67. The summed E-state index contributed by atoms with van der Waals surface area (Å²) in [4.78, 5) is 36.9. The summed E-state index contributed by atoms with van der Waals surface area (Å²) in [6.45, 7) is 0. The van der Waals surface area contributed by atoms with Crippen LogP contribution in [0.15, 0.2) is 64.2 Å². The summed E-state index contributed by atoms with van der Waals surface area (Å²) >= 11 is 15.1. The molecule has 0 saturated heterocycles. The third kappa shape index (κ3) is 6.97. The van der Waals surface area contributed by atoms with Crippen LogP contribution in [0.2, 0.25) is 10.0 Å². The molecule has 186 valence electrons. The molecule has 9 nitrogen and oxygen atoms in total. The van der Waals surface area contributed by atoms with Crippen molar-refractivity contribution in [1.29, 1.82) is 0 Å². The molecule has 0 bridgehead atoms. The lowest BCUT2D eigenvalue weighted by molar-refractivity contribution is -0.136. The van der Waals surface area contributed by atoms with Crippen molar-refractivity contribution in [2.24, 2.45) is 5.10 Å². The Kier molecular flexibility index (Phi) is 9.29. The first-order chi connectivity index (χ1) is 17.2. The van der Waals surface area contributed by atoms with E-state index in [9.17, 15) is 14.4 Å². The molecule has 0 heterocycles. The molecule has 12 heteroatoms. The van der Waals surface area contributed by atoms with Gasteiger partial charge in [0.1, 0.15) is 5.75 Å². The number of hydrogen-bond donors (Lipinski definition) is 2. The van der Waals surface area contributed by atoms with Gasteiger partial charge in [-0.15, -0.1) is 0 Å². The molecule has 0 aliphatic rings. The van der Waals surface area contributed by atoms with E-state index in [1.807, 2.05) is 0 Å². The van der Waals surface area contributed by atoms with Crippen LogP contribution in [0.3, 0.4) is 0 Å². The predicted molar refractivity (Wildman–Crippen MR) is 139 cm³/mol. The Morgan fingerprint density at radius 3 is 2.28 bits per heavy atom. The number of nitrogens with zero attached hydrogens (tertiary/aromatic N) is 1. The molecule has 2 amide bonds. The molecule has 3 aromatic rings. The Hall–Kier alpha value is -3.60. The van der Waals surface area contributed by atoms with Crippen LogP contribution in [0, 0.1) is 0 Å². The maximum atomic E-state index is 12.7. The molecule has 0 unspecified atom stereocenters. The van der Waals surface area contributed by atoms with Gasteiger partial charge in [0.2, 0.25) is 0 Å². The lowest BCUT2D eigenvalue weighted by atomic mass is 10.2. The van der Waals surface area contributed by atoms with Gasteiger partial charge in [0.25, 0.3) is 0 Å². The van der Waals surface area contributed by atoms with Crippen molar-refractivity contribution in [3.63, 3.8) is 0 Å². The minimum Gasteiger partial charge on any atom is -0.493 e. The number of halogens is 3. The van der Waals surface area contributed by atoms with Crippen LogP contribution in [0.5, 0.6) is 17.2 Å². The van der Waals surface area contributed by atoms with Crippen molar-refractivity contribution >= 4 is 68.8 Å². The number of methoxy groups -OCH3 is 2. The van der Waals surface area contributed by atoms with Crippen molar-refractivity contribution in [1.82, 2.24) is 5.43 Å². The minimum absolute atomic E-state index is 0.163. The SMILES string of the molecule is COc1ccc(C(=O)Oc2ccc(Br)cc2C=NNC(=O)C(=O)Nc2ccc(Cl)c(Cl)c2)cc1OC. The highest BCUT2D eigenvalue weighted by molar-refractivity contribution is 9.10.